The topological polar surface area (TPSA) is 75.2 Å². The molecule has 2 amide bonds. The first-order chi connectivity index (χ1) is 13.4. The van der Waals surface area contributed by atoms with Crippen molar-refractivity contribution in [3.8, 4) is 0 Å². The molecule has 0 unspecified atom stereocenters. The molecule has 2 aliphatic carbocycles. The number of halogens is 2. The van der Waals surface area contributed by atoms with Crippen molar-refractivity contribution in [2.75, 3.05) is 11.9 Å². The average molecular weight is 384 g/mol. The molecule has 0 radical (unpaired) electrons. The Morgan fingerprint density at radius 2 is 2.00 bits per heavy atom. The highest BCUT2D eigenvalue weighted by Crippen LogP contribution is 2.52. The molecule has 2 heterocycles. The number of carbonyl (C=O) groups is 2. The summed E-state index contributed by atoms with van der Waals surface area (Å²) in [6.45, 7) is -0.130. The first-order valence-corrected chi connectivity index (χ1v) is 9.36. The van der Waals surface area contributed by atoms with Gasteiger partial charge in [0.2, 0.25) is 11.9 Å². The van der Waals surface area contributed by atoms with E-state index in [0.717, 1.165) is 30.8 Å². The lowest BCUT2D eigenvalue weighted by atomic mass is 9.69. The number of fused-ring (bicyclic) bond motifs is 3. The van der Waals surface area contributed by atoms with Crippen LogP contribution in [0.15, 0.2) is 30.6 Å². The molecule has 5 rings (SSSR count). The van der Waals surface area contributed by atoms with Crippen LogP contribution in [-0.2, 0) is 10.5 Å². The molecule has 144 valence electrons. The van der Waals surface area contributed by atoms with Crippen LogP contribution in [0.5, 0.6) is 0 Å². The van der Waals surface area contributed by atoms with Crippen LogP contribution in [-0.4, -0.2) is 39.3 Å². The van der Waals surface area contributed by atoms with Crippen molar-refractivity contribution in [2.45, 2.75) is 43.3 Å². The second-order valence-corrected chi connectivity index (χ2v) is 7.72. The van der Waals surface area contributed by atoms with Crippen molar-refractivity contribution >= 4 is 17.8 Å². The Kier molecular flexibility index (Phi) is 3.72. The minimum atomic E-state index is -1.23. The highest BCUT2D eigenvalue weighted by molar-refractivity contribution is 6.01. The minimum absolute atomic E-state index is 0.0104. The molecule has 2 fully saturated rings. The number of aromatic nitrogens is 2. The molecule has 0 saturated heterocycles. The van der Waals surface area contributed by atoms with Crippen LogP contribution >= 0.6 is 0 Å². The molecule has 0 spiro atoms. The Morgan fingerprint density at radius 3 is 2.64 bits per heavy atom. The number of hydrogen-bond acceptors (Lipinski definition) is 4. The Morgan fingerprint density at radius 1 is 1.25 bits per heavy atom. The third-order valence-electron chi connectivity index (χ3n) is 5.97. The molecular weight excluding hydrogens is 366 g/mol. The highest BCUT2D eigenvalue weighted by Gasteiger charge is 2.49. The van der Waals surface area contributed by atoms with E-state index >= 15 is 0 Å². The van der Waals surface area contributed by atoms with Gasteiger partial charge in [0.1, 0.15) is 12.2 Å². The molecule has 1 N–H and O–H groups in total. The third kappa shape index (κ3) is 2.75. The van der Waals surface area contributed by atoms with Gasteiger partial charge in [-0.3, -0.25) is 14.9 Å². The zero-order chi connectivity index (χ0) is 19.5. The first kappa shape index (κ1) is 17.2. The van der Waals surface area contributed by atoms with E-state index in [4.69, 9.17) is 0 Å². The maximum absolute atomic E-state index is 14.4. The number of anilines is 1. The van der Waals surface area contributed by atoms with Crippen LogP contribution in [0.4, 0.5) is 14.7 Å². The lowest BCUT2D eigenvalue weighted by Gasteiger charge is -2.48. The number of nitrogens with one attached hydrogen (secondary N) is 1. The maximum Gasteiger partial charge on any atom is 0.254 e. The molecule has 6 nitrogen and oxygen atoms in total. The van der Waals surface area contributed by atoms with Gasteiger partial charge < -0.3 is 4.90 Å². The number of amides is 2. The van der Waals surface area contributed by atoms with Crippen molar-refractivity contribution in [2.24, 2.45) is 0 Å². The summed E-state index contributed by atoms with van der Waals surface area (Å²) in [6, 6.07) is 5.16. The fraction of sp³-hybridized carbons (Fsp3) is 0.400. The van der Waals surface area contributed by atoms with Crippen molar-refractivity contribution in [1.82, 2.24) is 14.9 Å². The number of nitrogens with zero attached hydrogens (tertiary/aromatic N) is 3. The van der Waals surface area contributed by atoms with Crippen LogP contribution < -0.4 is 5.32 Å². The van der Waals surface area contributed by atoms with Crippen LogP contribution in [0.1, 0.15) is 53.1 Å². The van der Waals surface area contributed by atoms with Gasteiger partial charge >= 0.3 is 0 Å². The van der Waals surface area contributed by atoms with E-state index in [2.05, 4.69) is 15.3 Å². The maximum atomic E-state index is 14.4. The number of carbonyl (C=O) groups excluding carboxylic acids is 2. The monoisotopic (exact) mass is 384 g/mol. The van der Waals surface area contributed by atoms with Gasteiger partial charge in [-0.2, -0.15) is 0 Å². The SMILES string of the molecule is O=C(CN1C(=O)c2ccc(C3(F)CC3)cc2[C@H]2CC[C@H]21)Nc1ncc(F)cn1. The van der Waals surface area contributed by atoms with E-state index in [1.807, 2.05) is 6.07 Å². The molecule has 2 saturated carbocycles. The van der Waals surface area contributed by atoms with Crippen LogP contribution in [0.25, 0.3) is 0 Å². The summed E-state index contributed by atoms with van der Waals surface area (Å²) < 4.78 is 27.3. The largest absolute Gasteiger partial charge is 0.326 e. The minimum Gasteiger partial charge on any atom is -0.326 e. The van der Waals surface area contributed by atoms with Gasteiger partial charge in [0.15, 0.2) is 5.82 Å². The summed E-state index contributed by atoms with van der Waals surface area (Å²) in [4.78, 5) is 34.3. The van der Waals surface area contributed by atoms with Crippen LogP contribution in [0.3, 0.4) is 0 Å². The lowest BCUT2D eigenvalue weighted by molar-refractivity contribution is -0.117. The van der Waals surface area contributed by atoms with E-state index < -0.39 is 17.4 Å². The first-order valence-electron chi connectivity index (χ1n) is 9.36. The zero-order valence-corrected chi connectivity index (χ0v) is 15.0. The smallest absolute Gasteiger partial charge is 0.254 e. The van der Waals surface area contributed by atoms with Crippen LogP contribution in [0.2, 0.25) is 0 Å². The molecule has 2 aromatic rings. The summed E-state index contributed by atoms with van der Waals surface area (Å²) in [7, 11) is 0. The summed E-state index contributed by atoms with van der Waals surface area (Å²) in [5, 5.41) is 2.49. The average Bonchev–Trinajstić information content (AvgIpc) is 3.39. The number of rotatable bonds is 4. The second kappa shape index (κ2) is 6.05. The van der Waals surface area contributed by atoms with E-state index in [1.165, 1.54) is 0 Å². The van der Waals surface area contributed by atoms with Crippen molar-refractivity contribution in [1.29, 1.82) is 0 Å². The Balaban J connectivity index is 1.36. The standard InChI is InChI=1S/C20H18F2N4O2/c21-12-8-23-19(24-9-12)25-17(27)10-26-16-4-3-13(16)15-7-11(20(22)5-6-20)1-2-14(15)18(26)28/h1-2,7-9,13,16H,3-6,10H2,(H,23,24,25,27)/t13-,16-/m1/s1. The predicted octanol–water partition coefficient (Wildman–Crippen LogP) is 2.91. The third-order valence-corrected chi connectivity index (χ3v) is 5.97. The van der Waals surface area contributed by atoms with Gasteiger partial charge in [-0.15, -0.1) is 0 Å². The molecule has 3 aliphatic rings. The van der Waals surface area contributed by atoms with Crippen molar-refractivity contribution in [3.05, 3.63) is 53.1 Å². The summed E-state index contributed by atoms with van der Waals surface area (Å²) in [5.41, 5.74) is 0.870. The second-order valence-electron chi connectivity index (χ2n) is 7.72. The number of alkyl halides is 1. The molecule has 8 heteroatoms. The molecule has 1 aromatic carbocycles. The van der Waals surface area contributed by atoms with Gasteiger partial charge in [0.05, 0.1) is 12.4 Å². The van der Waals surface area contributed by atoms with Crippen molar-refractivity contribution < 1.29 is 18.4 Å². The highest BCUT2D eigenvalue weighted by atomic mass is 19.1. The lowest BCUT2D eigenvalue weighted by Crippen LogP contribution is -2.55. The molecule has 28 heavy (non-hydrogen) atoms. The summed E-state index contributed by atoms with van der Waals surface area (Å²) >= 11 is 0. The van der Waals surface area contributed by atoms with E-state index in [0.29, 0.717) is 24.0 Å². The van der Waals surface area contributed by atoms with Gasteiger partial charge in [-0.1, -0.05) is 12.1 Å². The van der Waals surface area contributed by atoms with Gasteiger partial charge in [0.25, 0.3) is 5.91 Å². The Labute approximate surface area is 160 Å². The van der Waals surface area contributed by atoms with E-state index in [1.54, 1.807) is 17.0 Å². The van der Waals surface area contributed by atoms with E-state index in [9.17, 15) is 18.4 Å². The number of hydrogen-bond donors (Lipinski definition) is 1. The van der Waals surface area contributed by atoms with Crippen molar-refractivity contribution in [3.63, 3.8) is 0 Å². The van der Waals surface area contributed by atoms with Gasteiger partial charge in [-0.25, -0.2) is 18.7 Å². The fourth-order valence-electron chi connectivity index (χ4n) is 4.15. The zero-order valence-electron chi connectivity index (χ0n) is 15.0. The van der Waals surface area contributed by atoms with Gasteiger partial charge in [-0.05, 0) is 42.9 Å². The summed E-state index contributed by atoms with van der Waals surface area (Å²) in [6.07, 6.45) is 4.70. The quantitative estimate of drug-likeness (QED) is 0.880. The predicted molar refractivity (Wildman–Crippen MR) is 95.9 cm³/mol. The molecule has 1 aromatic heterocycles. The van der Waals surface area contributed by atoms with E-state index in [-0.39, 0.29) is 30.4 Å². The van der Waals surface area contributed by atoms with Gasteiger partial charge in [0, 0.05) is 17.5 Å². The molecule has 0 bridgehead atoms. The normalized spacial score (nSPS) is 24.1. The molecule has 1 aliphatic heterocycles. The Bertz CT molecular complexity index is 975. The molecular formula is C20H18F2N4O2. The molecule has 2 atom stereocenters. The summed E-state index contributed by atoms with van der Waals surface area (Å²) in [5.74, 6) is -1.14. The fourth-order valence-corrected chi connectivity index (χ4v) is 4.15. The van der Waals surface area contributed by atoms with Crippen LogP contribution in [0, 0.1) is 5.82 Å². The Hall–Kier alpha value is -2.90. The number of benzene rings is 1.